The van der Waals surface area contributed by atoms with E-state index in [0.717, 1.165) is 42.6 Å². The van der Waals surface area contributed by atoms with E-state index in [0.29, 0.717) is 12.1 Å². The molecular formula is C24H25N3O. The number of hydrazine groups is 1. The van der Waals surface area contributed by atoms with Crippen molar-refractivity contribution in [2.45, 2.75) is 25.8 Å². The Kier molecular flexibility index (Phi) is 5.78. The van der Waals surface area contributed by atoms with E-state index in [1.807, 2.05) is 59.6 Å². The number of piperidine rings is 1. The number of pyridine rings is 1. The predicted octanol–water partition coefficient (Wildman–Crippen LogP) is 4.79. The molecule has 0 unspecified atom stereocenters. The van der Waals surface area contributed by atoms with E-state index in [4.69, 9.17) is 0 Å². The molecule has 4 nitrogen and oxygen atoms in total. The summed E-state index contributed by atoms with van der Waals surface area (Å²) >= 11 is 0. The molecule has 0 bridgehead atoms. The molecule has 142 valence electrons. The number of benzene rings is 2. The molecule has 0 N–H and O–H groups in total. The van der Waals surface area contributed by atoms with E-state index >= 15 is 0 Å². The quantitative estimate of drug-likeness (QED) is 0.647. The van der Waals surface area contributed by atoms with Gasteiger partial charge in [0.1, 0.15) is 0 Å². The fourth-order valence-corrected chi connectivity index (χ4v) is 3.74. The molecule has 3 aromatic rings. The topological polar surface area (TPSA) is 36.4 Å². The van der Waals surface area contributed by atoms with E-state index in [9.17, 15) is 4.79 Å². The summed E-state index contributed by atoms with van der Waals surface area (Å²) in [5.41, 5.74) is 3.72. The lowest BCUT2D eigenvalue weighted by molar-refractivity contribution is -0.0266. The van der Waals surface area contributed by atoms with Crippen LogP contribution >= 0.6 is 0 Å². The largest absolute Gasteiger partial charge is 0.269 e. The summed E-state index contributed by atoms with van der Waals surface area (Å²) in [6.45, 7) is 2.42. The predicted molar refractivity (Wildman–Crippen MR) is 111 cm³/mol. The van der Waals surface area contributed by atoms with Crippen LogP contribution < -0.4 is 0 Å². The lowest BCUT2D eigenvalue weighted by Gasteiger charge is -2.37. The zero-order valence-corrected chi connectivity index (χ0v) is 16.0. The van der Waals surface area contributed by atoms with Crippen molar-refractivity contribution >= 4 is 5.91 Å². The van der Waals surface area contributed by atoms with Crippen molar-refractivity contribution < 1.29 is 4.79 Å². The van der Waals surface area contributed by atoms with Gasteiger partial charge < -0.3 is 0 Å². The van der Waals surface area contributed by atoms with E-state index in [1.54, 1.807) is 12.4 Å². The Labute approximate surface area is 166 Å². The molecule has 2 heterocycles. The van der Waals surface area contributed by atoms with Crippen LogP contribution in [0.3, 0.4) is 0 Å². The number of nitrogens with zero attached hydrogens (tertiary/aromatic N) is 3. The molecule has 1 fully saturated rings. The van der Waals surface area contributed by atoms with Gasteiger partial charge >= 0.3 is 0 Å². The molecule has 1 aliphatic heterocycles. The van der Waals surface area contributed by atoms with Crippen molar-refractivity contribution in [2.24, 2.45) is 0 Å². The van der Waals surface area contributed by atoms with Crippen LogP contribution in [-0.4, -0.2) is 34.0 Å². The third-order valence-electron chi connectivity index (χ3n) is 5.22. The van der Waals surface area contributed by atoms with Gasteiger partial charge in [0, 0.05) is 31.0 Å². The summed E-state index contributed by atoms with van der Waals surface area (Å²) < 4.78 is 0. The zero-order valence-electron chi connectivity index (χ0n) is 16.0. The Bertz CT molecular complexity index is 905. The SMILES string of the molecule is O=C(c1ccncc1-c1ccccc1)N(Cc1ccccc1)N1CCCCC1. The van der Waals surface area contributed by atoms with Gasteiger partial charge in [0.2, 0.25) is 0 Å². The Morgan fingerprint density at radius 3 is 2.29 bits per heavy atom. The third-order valence-corrected chi connectivity index (χ3v) is 5.22. The lowest BCUT2D eigenvalue weighted by Crippen LogP contribution is -2.48. The normalized spacial score (nSPS) is 14.6. The lowest BCUT2D eigenvalue weighted by atomic mass is 10.0. The molecule has 0 spiro atoms. The smallest absolute Gasteiger partial charge is 0.268 e. The van der Waals surface area contributed by atoms with E-state index < -0.39 is 0 Å². The van der Waals surface area contributed by atoms with Gasteiger partial charge in [0.25, 0.3) is 5.91 Å². The van der Waals surface area contributed by atoms with Gasteiger partial charge in [0.15, 0.2) is 0 Å². The van der Waals surface area contributed by atoms with Crippen LogP contribution in [0.2, 0.25) is 0 Å². The molecule has 1 aliphatic rings. The first kappa shape index (κ1) is 18.4. The fourth-order valence-electron chi connectivity index (χ4n) is 3.74. The minimum absolute atomic E-state index is 0.0343. The maximum Gasteiger partial charge on any atom is 0.269 e. The van der Waals surface area contributed by atoms with E-state index in [-0.39, 0.29) is 5.91 Å². The maximum atomic E-state index is 13.7. The molecule has 1 amide bonds. The minimum atomic E-state index is 0.0343. The first-order chi connectivity index (χ1) is 13.8. The number of aromatic nitrogens is 1. The number of hydrogen-bond acceptors (Lipinski definition) is 3. The van der Waals surface area contributed by atoms with Gasteiger partial charge in [-0.25, -0.2) is 5.01 Å². The van der Waals surface area contributed by atoms with Crippen LogP contribution in [0, 0.1) is 0 Å². The molecule has 2 aromatic carbocycles. The second-order valence-electron chi connectivity index (χ2n) is 7.15. The Hall–Kier alpha value is -2.98. The molecule has 4 rings (SSSR count). The summed E-state index contributed by atoms with van der Waals surface area (Å²) in [6.07, 6.45) is 6.98. The third kappa shape index (κ3) is 4.12. The van der Waals surface area contributed by atoms with Gasteiger partial charge in [-0.05, 0) is 30.0 Å². The Balaban J connectivity index is 1.69. The van der Waals surface area contributed by atoms with Gasteiger partial charge in [0.05, 0.1) is 12.1 Å². The van der Waals surface area contributed by atoms with Crippen molar-refractivity contribution in [2.75, 3.05) is 13.1 Å². The van der Waals surface area contributed by atoms with Gasteiger partial charge in [-0.3, -0.25) is 14.8 Å². The molecule has 0 radical (unpaired) electrons. The highest BCUT2D eigenvalue weighted by Crippen LogP contribution is 2.26. The average molecular weight is 371 g/mol. The fraction of sp³-hybridized carbons (Fsp3) is 0.250. The highest BCUT2D eigenvalue weighted by Gasteiger charge is 2.26. The summed E-state index contributed by atoms with van der Waals surface area (Å²) in [5, 5.41) is 4.14. The van der Waals surface area contributed by atoms with Crippen LogP contribution in [0.25, 0.3) is 11.1 Å². The van der Waals surface area contributed by atoms with Crippen molar-refractivity contribution in [3.05, 3.63) is 90.3 Å². The molecule has 0 atom stereocenters. The van der Waals surface area contributed by atoms with Gasteiger partial charge in [-0.1, -0.05) is 67.1 Å². The first-order valence-electron chi connectivity index (χ1n) is 9.93. The maximum absolute atomic E-state index is 13.7. The summed E-state index contributed by atoms with van der Waals surface area (Å²) in [5.74, 6) is 0.0343. The number of carbonyl (C=O) groups excluding carboxylic acids is 1. The van der Waals surface area contributed by atoms with Crippen LogP contribution in [0.5, 0.6) is 0 Å². The van der Waals surface area contributed by atoms with Gasteiger partial charge in [-0.15, -0.1) is 0 Å². The minimum Gasteiger partial charge on any atom is -0.268 e. The van der Waals surface area contributed by atoms with Crippen LogP contribution in [0.15, 0.2) is 79.1 Å². The second kappa shape index (κ2) is 8.81. The standard InChI is InChI=1S/C24H25N3O/c28-24(22-14-15-25-18-23(22)21-12-6-2-7-13-21)27(26-16-8-3-9-17-26)19-20-10-4-1-5-11-20/h1-2,4-7,10-15,18H,3,8-9,16-17,19H2. The Morgan fingerprint density at radius 1 is 0.893 bits per heavy atom. The second-order valence-corrected chi connectivity index (χ2v) is 7.15. The van der Waals surface area contributed by atoms with Gasteiger partial charge in [-0.2, -0.15) is 0 Å². The summed E-state index contributed by atoms with van der Waals surface area (Å²) in [6, 6.07) is 22.1. The highest BCUT2D eigenvalue weighted by atomic mass is 16.2. The van der Waals surface area contributed by atoms with E-state index in [2.05, 4.69) is 22.1 Å². The highest BCUT2D eigenvalue weighted by molar-refractivity contribution is 6.00. The molecule has 1 saturated heterocycles. The van der Waals surface area contributed by atoms with Crippen molar-refractivity contribution in [3.8, 4) is 11.1 Å². The molecule has 4 heteroatoms. The first-order valence-corrected chi connectivity index (χ1v) is 9.93. The number of amides is 1. The number of carbonyl (C=O) groups is 1. The van der Waals surface area contributed by atoms with Crippen molar-refractivity contribution in [1.82, 2.24) is 15.0 Å². The number of rotatable bonds is 5. The molecule has 28 heavy (non-hydrogen) atoms. The molecular weight excluding hydrogens is 346 g/mol. The summed E-state index contributed by atoms with van der Waals surface area (Å²) in [7, 11) is 0. The number of hydrogen-bond donors (Lipinski definition) is 0. The van der Waals surface area contributed by atoms with Crippen LogP contribution in [0.1, 0.15) is 35.2 Å². The van der Waals surface area contributed by atoms with Crippen LogP contribution in [-0.2, 0) is 6.54 Å². The molecule has 0 aliphatic carbocycles. The summed E-state index contributed by atoms with van der Waals surface area (Å²) in [4.78, 5) is 18.0. The Morgan fingerprint density at radius 2 is 1.57 bits per heavy atom. The van der Waals surface area contributed by atoms with Crippen LogP contribution in [0.4, 0.5) is 0 Å². The van der Waals surface area contributed by atoms with Crippen molar-refractivity contribution in [3.63, 3.8) is 0 Å². The average Bonchev–Trinajstić information content (AvgIpc) is 2.79. The molecule has 0 saturated carbocycles. The monoisotopic (exact) mass is 371 g/mol. The zero-order chi connectivity index (χ0) is 19.2. The van der Waals surface area contributed by atoms with E-state index in [1.165, 1.54) is 6.42 Å². The molecule has 1 aromatic heterocycles. The van der Waals surface area contributed by atoms with Crippen molar-refractivity contribution in [1.29, 1.82) is 0 Å².